The van der Waals surface area contributed by atoms with Gasteiger partial charge < -0.3 is 10.6 Å². The predicted octanol–water partition coefficient (Wildman–Crippen LogP) is 4.80. The quantitative estimate of drug-likeness (QED) is 0.659. The summed E-state index contributed by atoms with van der Waals surface area (Å²) in [6.07, 6.45) is 1.54. The van der Waals surface area contributed by atoms with Crippen molar-refractivity contribution in [3.05, 3.63) is 57.0 Å². The molecule has 2 aromatic rings. The van der Waals surface area contributed by atoms with Gasteiger partial charge >= 0.3 is 0 Å². The summed E-state index contributed by atoms with van der Waals surface area (Å²) in [6.45, 7) is 0.827. The maximum atomic E-state index is 12.7. The molecule has 1 heterocycles. The summed E-state index contributed by atoms with van der Waals surface area (Å²) >= 11 is 15.5. The Bertz CT molecular complexity index is 863. The van der Waals surface area contributed by atoms with E-state index in [0.717, 1.165) is 10.9 Å². The second-order valence-corrected chi connectivity index (χ2v) is 7.97. The van der Waals surface area contributed by atoms with Crippen LogP contribution in [-0.4, -0.2) is 35.8 Å². The number of para-hydroxylation sites is 1. The van der Waals surface area contributed by atoms with E-state index in [4.69, 9.17) is 23.2 Å². The number of anilines is 2. The van der Waals surface area contributed by atoms with Crippen LogP contribution in [0.5, 0.6) is 0 Å². The van der Waals surface area contributed by atoms with E-state index in [1.807, 2.05) is 29.2 Å². The molecule has 1 atom stereocenters. The highest BCUT2D eigenvalue weighted by molar-refractivity contribution is 9.10. The number of benzene rings is 2. The zero-order valence-corrected chi connectivity index (χ0v) is 17.4. The van der Waals surface area contributed by atoms with Crippen LogP contribution >= 0.6 is 39.1 Å². The fourth-order valence-electron chi connectivity index (χ4n) is 3.06. The van der Waals surface area contributed by atoms with Gasteiger partial charge in [0.2, 0.25) is 11.8 Å². The second-order valence-electron chi connectivity index (χ2n) is 6.27. The molecule has 1 saturated heterocycles. The molecule has 1 aliphatic rings. The summed E-state index contributed by atoms with van der Waals surface area (Å²) in [4.78, 5) is 27.0. The van der Waals surface area contributed by atoms with Crippen LogP contribution in [0, 0.1) is 0 Å². The van der Waals surface area contributed by atoms with E-state index in [2.05, 4.69) is 26.6 Å². The zero-order chi connectivity index (χ0) is 19.4. The summed E-state index contributed by atoms with van der Waals surface area (Å²) < 4.78 is 0.810. The van der Waals surface area contributed by atoms with E-state index in [-0.39, 0.29) is 24.4 Å². The second kappa shape index (κ2) is 9.06. The van der Waals surface area contributed by atoms with E-state index in [9.17, 15) is 9.59 Å². The lowest BCUT2D eigenvalue weighted by atomic mass is 10.2. The molecule has 3 rings (SSSR count). The van der Waals surface area contributed by atoms with Crippen molar-refractivity contribution in [2.75, 3.05) is 23.7 Å². The number of nitrogens with zero attached hydrogens (tertiary/aromatic N) is 1. The number of amides is 2. The van der Waals surface area contributed by atoms with Crippen molar-refractivity contribution in [3.8, 4) is 0 Å². The summed E-state index contributed by atoms with van der Waals surface area (Å²) in [7, 11) is 0. The van der Waals surface area contributed by atoms with Gasteiger partial charge in [0.05, 0.1) is 29.0 Å². The Labute approximate surface area is 176 Å². The van der Waals surface area contributed by atoms with Gasteiger partial charge in [0.1, 0.15) is 0 Å². The molecule has 0 aromatic heterocycles. The van der Waals surface area contributed by atoms with Crippen molar-refractivity contribution in [1.29, 1.82) is 0 Å². The van der Waals surface area contributed by atoms with E-state index >= 15 is 0 Å². The molecule has 5 nitrogen and oxygen atoms in total. The average Bonchev–Trinajstić information content (AvgIpc) is 3.08. The van der Waals surface area contributed by atoms with Crippen LogP contribution < -0.4 is 10.6 Å². The molecule has 8 heteroatoms. The molecule has 1 aliphatic heterocycles. The molecule has 1 unspecified atom stereocenters. The Morgan fingerprint density at radius 3 is 2.67 bits per heavy atom. The number of hydrogen-bond donors (Lipinski definition) is 2. The number of halogens is 3. The third kappa shape index (κ3) is 5.23. The molecule has 2 amide bonds. The molecule has 142 valence electrons. The first kappa shape index (κ1) is 20.1. The van der Waals surface area contributed by atoms with Crippen LogP contribution in [0.3, 0.4) is 0 Å². The van der Waals surface area contributed by atoms with Crippen LogP contribution in [0.4, 0.5) is 11.4 Å². The number of likely N-dealkylation sites (tertiary alicyclic amines) is 1. The normalized spacial score (nSPS) is 16.9. The van der Waals surface area contributed by atoms with Gasteiger partial charge in [-0.2, -0.15) is 0 Å². The van der Waals surface area contributed by atoms with Gasteiger partial charge in [-0.3, -0.25) is 14.5 Å². The third-order valence-corrected chi connectivity index (χ3v) is 5.60. The highest BCUT2D eigenvalue weighted by Gasteiger charge is 2.32. The number of hydrogen-bond acceptors (Lipinski definition) is 3. The van der Waals surface area contributed by atoms with E-state index in [1.54, 1.807) is 18.2 Å². The van der Waals surface area contributed by atoms with E-state index < -0.39 is 0 Å². The molecule has 0 spiro atoms. The zero-order valence-electron chi connectivity index (χ0n) is 14.3. The monoisotopic (exact) mass is 469 g/mol. The topological polar surface area (TPSA) is 61.4 Å². The molecular weight excluding hydrogens is 453 g/mol. The van der Waals surface area contributed by atoms with Crippen molar-refractivity contribution >= 4 is 62.3 Å². The Kier molecular flexibility index (Phi) is 6.76. The number of rotatable bonds is 5. The minimum absolute atomic E-state index is 0.142. The fourth-order valence-corrected chi connectivity index (χ4v) is 3.78. The molecule has 0 radical (unpaired) electrons. The summed E-state index contributed by atoms with van der Waals surface area (Å²) in [5, 5.41) is 6.60. The molecule has 0 aliphatic carbocycles. The SMILES string of the molecule is O=C(CN1CCCC1C(=O)Nc1cc(Cl)ccc1Cl)Nc1ccccc1Br. The Balaban J connectivity index is 1.62. The molecule has 2 N–H and O–H groups in total. The van der Waals surface area contributed by atoms with Crippen LogP contribution in [-0.2, 0) is 9.59 Å². The van der Waals surface area contributed by atoms with Crippen molar-refractivity contribution in [2.45, 2.75) is 18.9 Å². The predicted molar refractivity (Wildman–Crippen MR) is 112 cm³/mol. The van der Waals surface area contributed by atoms with Gasteiger partial charge in [-0.25, -0.2) is 0 Å². The van der Waals surface area contributed by atoms with Gasteiger partial charge in [-0.05, 0) is 65.6 Å². The summed E-state index contributed by atoms with van der Waals surface area (Å²) in [5.41, 5.74) is 1.17. The Morgan fingerprint density at radius 1 is 1.11 bits per heavy atom. The third-order valence-electron chi connectivity index (χ3n) is 4.35. The Morgan fingerprint density at radius 2 is 1.89 bits per heavy atom. The smallest absolute Gasteiger partial charge is 0.241 e. The Hall–Kier alpha value is -1.60. The van der Waals surface area contributed by atoms with Crippen molar-refractivity contribution in [2.24, 2.45) is 0 Å². The molecule has 0 saturated carbocycles. The van der Waals surface area contributed by atoms with Gasteiger partial charge in [0.15, 0.2) is 0 Å². The molecule has 1 fully saturated rings. The number of carbonyl (C=O) groups excluding carboxylic acids is 2. The number of carbonyl (C=O) groups is 2. The van der Waals surface area contributed by atoms with Crippen LogP contribution in [0.25, 0.3) is 0 Å². The lowest BCUT2D eigenvalue weighted by Gasteiger charge is -2.23. The van der Waals surface area contributed by atoms with Gasteiger partial charge in [0, 0.05) is 9.50 Å². The van der Waals surface area contributed by atoms with Crippen LogP contribution in [0.15, 0.2) is 46.9 Å². The van der Waals surface area contributed by atoms with Crippen molar-refractivity contribution < 1.29 is 9.59 Å². The van der Waals surface area contributed by atoms with Crippen LogP contribution in [0.1, 0.15) is 12.8 Å². The van der Waals surface area contributed by atoms with Crippen LogP contribution in [0.2, 0.25) is 10.0 Å². The molecule has 27 heavy (non-hydrogen) atoms. The summed E-state index contributed by atoms with van der Waals surface area (Å²) in [5.74, 6) is -0.354. The van der Waals surface area contributed by atoms with Crippen molar-refractivity contribution in [1.82, 2.24) is 4.90 Å². The molecular formula is C19H18BrCl2N3O2. The first-order valence-electron chi connectivity index (χ1n) is 8.48. The summed E-state index contributed by atoms with van der Waals surface area (Å²) in [6, 6.07) is 11.9. The highest BCUT2D eigenvalue weighted by Crippen LogP contribution is 2.27. The standard InChI is InChI=1S/C19H18BrCl2N3O2/c20-13-4-1-2-5-15(13)23-18(26)11-25-9-3-6-17(25)19(27)24-16-10-12(21)7-8-14(16)22/h1-2,4-5,7-8,10,17H,3,6,9,11H2,(H,23,26)(H,24,27). The first-order valence-corrected chi connectivity index (χ1v) is 10.0. The largest absolute Gasteiger partial charge is 0.324 e. The first-order chi connectivity index (χ1) is 12.9. The minimum Gasteiger partial charge on any atom is -0.324 e. The lowest BCUT2D eigenvalue weighted by Crippen LogP contribution is -2.43. The lowest BCUT2D eigenvalue weighted by molar-refractivity contribution is -0.122. The molecule has 2 aromatic carbocycles. The van der Waals surface area contributed by atoms with Gasteiger partial charge in [-0.1, -0.05) is 35.3 Å². The van der Waals surface area contributed by atoms with E-state index in [0.29, 0.717) is 34.4 Å². The van der Waals surface area contributed by atoms with Gasteiger partial charge in [-0.15, -0.1) is 0 Å². The molecule has 0 bridgehead atoms. The maximum absolute atomic E-state index is 12.7. The highest BCUT2D eigenvalue weighted by atomic mass is 79.9. The fraction of sp³-hybridized carbons (Fsp3) is 0.263. The van der Waals surface area contributed by atoms with Crippen molar-refractivity contribution in [3.63, 3.8) is 0 Å². The van der Waals surface area contributed by atoms with Gasteiger partial charge in [0.25, 0.3) is 0 Å². The maximum Gasteiger partial charge on any atom is 0.241 e. The van der Waals surface area contributed by atoms with E-state index in [1.165, 1.54) is 0 Å². The number of nitrogens with one attached hydrogen (secondary N) is 2. The minimum atomic E-state index is -0.384. The average molecular weight is 471 g/mol.